The first-order valence-electron chi connectivity index (χ1n) is 6.07. The maximum absolute atomic E-state index is 6.05. The van der Waals surface area contributed by atoms with Gasteiger partial charge in [0.15, 0.2) is 0 Å². The van der Waals surface area contributed by atoms with E-state index in [9.17, 15) is 0 Å². The second-order valence-corrected chi connectivity index (χ2v) is 4.83. The molecule has 0 aliphatic carbocycles. The van der Waals surface area contributed by atoms with Crippen LogP contribution in [0.4, 0.5) is 0 Å². The Morgan fingerprint density at radius 3 is 2.40 bits per heavy atom. The van der Waals surface area contributed by atoms with Gasteiger partial charge in [0.25, 0.3) is 0 Å². The van der Waals surface area contributed by atoms with E-state index < -0.39 is 0 Å². The zero-order valence-electron chi connectivity index (χ0n) is 10.7. The summed E-state index contributed by atoms with van der Waals surface area (Å²) in [7, 11) is 0. The van der Waals surface area contributed by atoms with Crippen molar-refractivity contribution in [3.8, 4) is 11.5 Å². The Morgan fingerprint density at radius 1 is 1.00 bits per heavy atom. The number of ether oxygens (including phenoxy) is 2. The lowest BCUT2D eigenvalue weighted by Gasteiger charge is -2.12. The minimum Gasteiger partial charge on any atom is -0.490 e. The van der Waals surface area contributed by atoms with Crippen molar-refractivity contribution >= 4 is 28.8 Å². The van der Waals surface area contributed by atoms with Gasteiger partial charge in [0.05, 0.1) is 10.6 Å². The third-order valence-electron chi connectivity index (χ3n) is 2.57. The zero-order valence-corrected chi connectivity index (χ0v) is 12.3. The Balaban J connectivity index is 1.92. The molecule has 0 amide bonds. The molecule has 0 saturated heterocycles. The van der Waals surface area contributed by atoms with Gasteiger partial charge < -0.3 is 15.2 Å². The van der Waals surface area contributed by atoms with Gasteiger partial charge in [-0.2, -0.15) is 0 Å². The van der Waals surface area contributed by atoms with Crippen LogP contribution in [-0.2, 0) is 0 Å². The molecule has 2 N–H and O–H groups in total. The molecule has 0 unspecified atom stereocenters. The number of hydrogen-bond acceptors (Lipinski definition) is 3. The first kappa shape index (κ1) is 14.6. The van der Waals surface area contributed by atoms with Crippen LogP contribution in [0.5, 0.6) is 11.5 Å². The molecule has 0 fully saturated rings. The van der Waals surface area contributed by atoms with Crippen LogP contribution in [-0.4, -0.2) is 18.2 Å². The number of thiocarbonyl (C=S) groups is 1. The van der Waals surface area contributed by atoms with Crippen LogP contribution in [0.3, 0.4) is 0 Å². The first-order chi connectivity index (χ1) is 9.68. The highest BCUT2D eigenvalue weighted by Gasteiger charge is 2.10. The van der Waals surface area contributed by atoms with Crippen molar-refractivity contribution in [2.75, 3.05) is 13.2 Å². The van der Waals surface area contributed by atoms with E-state index in [0.29, 0.717) is 29.5 Å². The van der Waals surface area contributed by atoms with Crippen LogP contribution >= 0.6 is 23.8 Å². The molecule has 0 spiro atoms. The topological polar surface area (TPSA) is 44.5 Å². The van der Waals surface area contributed by atoms with E-state index in [2.05, 4.69) is 0 Å². The molecule has 20 heavy (non-hydrogen) atoms. The summed E-state index contributed by atoms with van der Waals surface area (Å²) in [5.74, 6) is 1.37. The van der Waals surface area contributed by atoms with Crippen molar-refractivity contribution in [1.29, 1.82) is 0 Å². The lowest BCUT2D eigenvalue weighted by molar-refractivity contribution is 0.217. The summed E-state index contributed by atoms with van der Waals surface area (Å²) in [6.45, 7) is 0.804. The lowest BCUT2D eigenvalue weighted by Crippen LogP contribution is -2.15. The molecule has 3 nitrogen and oxygen atoms in total. The van der Waals surface area contributed by atoms with Crippen molar-refractivity contribution in [1.82, 2.24) is 0 Å². The van der Waals surface area contributed by atoms with Crippen molar-refractivity contribution in [2.45, 2.75) is 0 Å². The average Bonchev–Trinajstić information content (AvgIpc) is 2.44. The monoisotopic (exact) mass is 307 g/mol. The summed E-state index contributed by atoms with van der Waals surface area (Å²) in [4.78, 5) is 0.217. The quantitative estimate of drug-likeness (QED) is 0.656. The molecule has 0 aliphatic rings. The average molecular weight is 308 g/mol. The van der Waals surface area contributed by atoms with Crippen molar-refractivity contribution < 1.29 is 9.47 Å². The van der Waals surface area contributed by atoms with Crippen LogP contribution in [0.15, 0.2) is 48.5 Å². The largest absolute Gasteiger partial charge is 0.490 e. The van der Waals surface area contributed by atoms with Crippen molar-refractivity contribution in [2.24, 2.45) is 5.73 Å². The molecule has 0 aromatic heterocycles. The van der Waals surface area contributed by atoms with Gasteiger partial charge in [-0.3, -0.25) is 0 Å². The third kappa shape index (κ3) is 3.85. The van der Waals surface area contributed by atoms with E-state index >= 15 is 0 Å². The molecular formula is C15H14ClNO2S. The number of halogens is 1. The molecule has 0 aliphatic heterocycles. The fraction of sp³-hybridized carbons (Fsp3) is 0.133. The molecule has 2 rings (SSSR count). The highest BCUT2D eigenvalue weighted by atomic mass is 35.5. The van der Waals surface area contributed by atoms with Gasteiger partial charge in [-0.1, -0.05) is 48.1 Å². The summed E-state index contributed by atoms with van der Waals surface area (Å²) in [5.41, 5.74) is 6.21. The number of hydrogen-bond donors (Lipinski definition) is 1. The van der Waals surface area contributed by atoms with E-state index in [1.165, 1.54) is 0 Å². The Hall–Kier alpha value is -1.78. The van der Waals surface area contributed by atoms with E-state index in [4.69, 9.17) is 39.0 Å². The smallest absolute Gasteiger partial charge is 0.131 e. The van der Waals surface area contributed by atoms with Crippen molar-refractivity contribution in [3.63, 3.8) is 0 Å². The SMILES string of the molecule is NC(=S)c1c(Cl)cccc1OCCOc1ccccc1. The second-order valence-electron chi connectivity index (χ2n) is 3.99. The summed E-state index contributed by atoms with van der Waals surface area (Å²) in [6.07, 6.45) is 0. The van der Waals surface area contributed by atoms with Gasteiger partial charge in [0.1, 0.15) is 29.7 Å². The summed E-state index contributed by atoms with van der Waals surface area (Å²) >= 11 is 11.0. The maximum atomic E-state index is 6.05. The predicted molar refractivity (Wildman–Crippen MR) is 84.8 cm³/mol. The summed E-state index contributed by atoms with van der Waals surface area (Å²) < 4.78 is 11.2. The normalized spacial score (nSPS) is 10.1. The predicted octanol–water partition coefficient (Wildman–Crippen LogP) is 3.43. The third-order valence-corrected chi connectivity index (χ3v) is 3.09. The van der Waals surface area contributed by atoms with Gasteiger partial charge in [-0.15, -0.1) is 0 Å². The standard InChI is InChI=1S/C15H14ClNO2S/c16-12-7-4-8-13(14(12)15(17)20)19-10-9-18-11-5-2-1-3-6-11/h1-8H,9-10H2,(H2,17,20). The van der Waals surface area contributed by atoms with Crippen LogP contribution < -0.4 is 15.2 Å². The maximum Gasteiger partial charge on any atom is 0.131 e. The van der Waals surface area contributed by atoms with Gasteiger partial charge in [-0.25, -0.2) is 0 Å². The van der Waals surface area contributed by atoms with Crippen LogP contribution in [0.2, 0.25) is 5.02 Å². The highest BCUT2D eigenvalue weighted by Crippen LogP contribution is 2.26. The first-order valence-corrected chi connectivity index (χ1v) is 6.86. The van der Waals surface area contributed by atoms with Crippen molar-refractivity contribution in [3.05, 3.63) is 59.1 Å². The van der Waals surface area contributed by atoms with Gasteiger partial charge >= 0.3 is 0 Å². The molecule has 104 valence electrons. The molecule has 0 atom stereocenters. The number of rotatable bonds is 6. The molecule has 0 bridgehead atoms. The summed E-state index contributed by atoms with van der Waals surface area (Å²) in [6, 6.07) is 14.8. The highest BCUT2D eigenvalue weighted by molar-refractivity contribution is 7.80. The fourth-order valence-corrected chi connectivity index (χ4v) is 2.23. The van der Waals surface area contributed by atoms with Crippen LogP contribution in [0, 0.1) is 0 Å². The Morgan fingerprint density at radius 2 is 1.70 bits per heavy atom. The van der Waals surface area contributed by atoms with E-state index in [0.717, 1.165) is 5.75 Å². The Bertz CT molecular complexity index is 590. The number of nitrogens with two attached hydrogens (primary N) is 1. The van der Waals surface area contributed by atoms with E-state index in [-0.39, 0.29) is 4.99 Å². The zero-order chi connectivity index (χ0) is 14.4. The molecular weight excluding hydrogens is 294 g/mol. The fourth-order valence-electron chi connectivity index (χ4n) is 1.69. The molecule has 0 saturated carbocycles. The molecule has 2 aromatic carbocycles. The molecule has 5 heteroatoms. The van der Waals surface area contributed by atoms with Crippen LogP contribution in [0.25, 0.3) is 0 Å². The van der Waals surface area contributed by atoms with Gasteiger partial charge in [-0.05, 0) is 24.3 Å². The Labute approximate surface area is 128 Å². The van der Waals surface area contributed by atoms with Gasteiger partial charge in [0, 0.05) is 0 Å². The Kier molecular flexibility index (Phi) is 5.21. The van der Waals surface area contributed by atoms with Gasteiger partial charge in [0.2, 0.25) is 0 Å². The number of benzene rings is 2. The molecule has 0 heterocycles. The number of para-hydroxylation sites is 1. The molecule has 2 aromatic rings. The minimum atomic E-state index is 0.217. The second kappa shape index (κ2) is 7.12. The summed E-state index contributed by atoms with van der Waals surface area (Å²) in [5, 5.41) is 0.485. The van der Waals surface area contributed by atoms with E-state index in [1.54, 1.807) is 18.2 Å². The van der Waals surface area contributed by atoms with Crippen LogP contribution in [0.1, 0.15) is 5.56 Å². The lowest BCUT2D eigenvalue weighted by atomic mass is 10.2. The molecule has 0 radical (unpaired) electrons. The van der Waals surface area contributed by atoms with E-state index in [1.807, 2.05) is 30.3 Å². The minimum absolute atomic E-state index is 0.217.